The second kappa shape index (κ2) is 6.85. The van der Waals surface area contributed by atoms with Crippen molar-refractivity contribution in [3.05, 3.63) is 11.4 Å². The van der Waals surface area contributed by atoms with E-state index in [0.29, 0.717) is 0 Å². The van der Waals surface area contributed by atoms with Crippen molar-refractivity contribution >= 4 is 33.3 Å². The molecule has 2 aromatic rings. The van der Waals surface area contributed by atoms with Crippen LogP contribution in [-0.2, 0) is 0 Å². The highest BCUT2D eigenvalue weighted by atomic mass is 32.1. The van der Waals surface area contributed by atoms with Gasteiger partial charge in [0.25, 0.3) is 0 Å². The summed E-state index contributed by atoms with van der Waals surface area (Å²) in [5.41, 5.74) is 0. The summed E-state index contributed by atoms with van der Waals surface area (Å²) < 4.78 is 0. The van der Waals surface area contributed by atoms with Crippen LogP contribution in [0.2, 0.25) is 0 Å². The van der Waals surface area contributed by atoms with Crippen LogP contribution in [0.3, 0.4) is 0 Å². The first-order valence-corrected chi connectivity index (χ1v) is 7.84. The Morgan fingerprint density at radius 1 is 1.20 bits per heavy atom. The Balaban J connectivity index is 2.19. The third-order valence-electron chi connectivity index (χ3n) is 3.10. The first-order valence-electron chi connectivity index (χ1n) is 6.96. The molecule has 6 heteroatoms. The van der Waals surface area contributed by atoms with Crippen LogP contribution in [0.25, 0.3) is 10.2 Å². The predicted molar refractivity (Wildman–Crippen MR) is 88.0 cm³/mol. The van der Waals surface area contributed by atoms with Crippen molar-refractivity contribution in [3.63, 3.8) is 0 Å². The fourth-order valence-electron chi connectivity index (χ4n) is 2.10. The predicted octanol–water partition coefficient (Wildman–Crippen LogP) is 2.51. The van der Waals surface area contributed by atoms with E-state index in [1.807, 2.05) is 0 Å². The minimum Gasteiger partial charge on any atom is -0.359 e. The van der Waals surface area contributed by atoms with E-state index in [4.69, 9.17) is 0 Å². The van der Waals surface area contributed by atoms with Crippen molar-refractivity contribution in [2.45, 2.75) is 13.3 Å². The molecule has 0 saturated heterocycles. The number of anilines is 2. The molecule has 0 spiro atoms. The Labute approximate surface area is 124 Å². The summed E-state index contributed by atoms with van der Waals surface area (Å²) in [4.78, 5) is 14.7. The van der Waals surface area contributed by atoms with Crippen LogP contribution < -0.4 is 10.2 Å². The van der Waals surface area contributed by atoms with E-state index in [9.17, 15) is 0 Å². The van der Waals surface area contributed by atoms with Gasteiger partial charge in [0.05, 0.1) is 5.39 Å². The number of fused-ring (bicyclic) bond motifs is 1. The molecule has 1 N–H and O–H groups in total. The molecule has 0 aliphatic rings. The van der Waals surface area contributed by atoms with Crippen molar-refractivity contribution in [1.82, 2.24) is 14.9 Å². The molecule has 0 unspecified atom stereocenters. The monoisotopic (exact) mass is 293 g/mol. The van der Waals surface area contributed by atoms with Gasteiger partial charge in [0.1, 0.15) is 10.6 Å². The molecule has 0 bridgehead atoms. The molecule has 0 radical (unpaired) electrons. The molecule has 2 rings (SSSR count). The number of nitrogens with one attached hydrogen (secondary N) is 1. The molecule has 2 aromatic heterocycles. The smallest absolute Gasteiger partial charge is 0.226 e. The van der Waals surface area contributed by atoms with Gasteiger partial charge in [-0.3, -0.25) is 0 Å². The molecule has 20 heavy (non-hydrogen) atoms. The zero-order chi connectivity index (χ0) is 14.5. The zero-order valence-corrected chi connectivity index (χ0v) is 13.5. The van der Waals surface area contributed by atoms with Crippen molar-refractivity contribution < 1.29 is 0 Å². The summed E-state index contributed by atoms with van der Waals surface area (Å²) in [6, 6.07) is 2.10. The molecule has 0 saturated carbocycles. The second-order valence-corrected chi connectivity index (χ2v) is 6.01. The fraction of sp³-hybridized carbons (Fsp3) is 0.571. The Morgan fingerprint density at radius 3 is 2.70 bits per heavy atom. The van der Waals surface area contributed by atoms with Crippen LogP contribution in [-0.4, -0.2) is 55.6 Å². The molecule has 5 nitrogen and oxygen atoms in total. The average molecular weight is 293 g/mol. The van der Waals surface area contributed by atoms with E-state index in [0.717, 1.165) is 48.0 Å². The molecule has 0 aliphatic heterocycles. The van der Waals surface area contributed by atoms with Crippen molar-refractivity contribution in [2.24, 2.45) is 0 Å². The lowest BCUT2D eigenvalue weighted by molar-refractivity contribution is 0.401. The quantitative estimate of drug-likeness (QED) is 0.850. The van der Waals surface area contributed by atoms with Gasteiger partial charge in [0.2, 0.25) is 5.95 Å². The molecule has 0 atom stereocenters. The molecule has 0 aliphatic carbocycles. The Bertz CT molecular complexity index is 551. The standard InChI is InChI=1S/C14H23N5S/c1-5-15-14-16-12(11-7-10-20-13(11)17-14)19(4)9-6-8-18(2)3/h7,10H,5-6,8-9H2,1-4H3,(H,15,16,17). The van der Waals surface area contributed by atoms with Crippen molar-refractivity contribution in [3.8, 4) is 0 Å². The zero-order valence-electron chi connectivity index (χ0n) is 12.7. The third-order valence-corrected chi connectivity index (χ3v) is 3.91. The summed E-state index contributed by atoms with van der Waals surface area (Å²) in [7, 11) is 6.31. The summed E-state index contributed by atoms with van der Waals surface area (Å²) >= 11 is 1.66. The van der Waals surface area contributed by atoms with Gasteiger partial charge in [-0.2, -0.15) is 4.98 Å². The normalized spacial score (nSPS) is 11.2. The molecular formula is C14H23N5S. The average Bonchev–Trinajstić information content (AvgIpc) is 2.85. The largest absolute Gasteiger partial charge is 0.359 e. The maximum absolute atomic E-state index is 4.66. The topological polar surface area (TPSA) is 44.3 Å². The van der Waals surface area contributed by atoms with Gasteiger partial charge in [-0.05, 0) is 45.4 Å². The SMILES string of the molecule is CCNc1nc(N(C)CCCN(C)C)c2ccsc2n1. The van der Waals surface area contributed by atoms with E-state index in [1.54, 1.807) is 11.3 Å². The van der Waals surface area contributed by atoms with Crippen LogP contribution in [0.15, 0.2) is 11.4 Å². The molecule has 0 fully saturated rings. The number of hydrogen-bond acceptors (Lipinski definition) is 6. The van der Waals surface area contributed by atoms with Crippen LogP contribution in [0.4, 0.5) is 11.8 Å². The lowest BCUT2D eigenvalue weighted by atomic mass is 10.3. The molecule has 2 heterocycles. The molecular weight excluding hydrogens is 270 g/mol. The van der Waals surface area contributed by atoms with Crippen LogP contribution in [0, 0.1) is 0 Å². The number of rotatable bonds is 7. The molecule has 110 valence electrons. The summed E-state index contributed by atoms with van der Waals surface area (Å²) in [5, 5.41) is 6.43. The van der Waals surface area contributed by atoms with Crippen molar-refractivity contribution in [1.29, 1.82) is 0 Å². The van der Waals surface area contributed by atoms with E-state index in [-0.39, 0.29) is 0 Å². The maximum atomic E-state index is 4.66. The highest BCUT2D eigenvalue weighted by molar-refractivity contribution is 7.16. The lowest BCUT2D eigenvalue weighted by Crippen LogP contribution is -2.24. The summed E-state index contributed by atoms with van der Waals surface area (Å²) in [5.74, 6) is 1.74. The fourth-order valence-corrected chi connectivity index (χ4v) is 2.86. The van der Waals surface area contributed by atoms with E-state index in [2.05, 4.69) is 64.6 Å². The summed E-state index contributed by atoms with van der Waals surface area (Å²) in [6.07, 6.45) is 1.12. The van der Waals surface area contributed by atoms with E-state index >= 15 is 0 Å². The number of hydrogen-bond donors (Lipinski definition) is 1. The second-order valence-electron chi connectivity index (χ2n) is 5.12. The maximum Gasteiger partial charge on any atom is 0.226 e. The van der Waals surface area contributed by atoms with E-state index < -0.39 is 0 Å². The Morgan fingerprint density at radius 2 is 2.00 bits per heavy atom. The minimum absolute atomic E-state index is 0.719. The Kier molecular flexibility index (Phi) is 5.14. The van der Waals surface area contributed by atoms with Gasteiger partial charge in [-0.25, -0.2) is 4.98 Å². The van der Waals surface area contributed by atoms with Gasteiger partial charge in [-0.15, -0.1) is 11.3 Å². The number of aromatic nitrogens is 2. The molecule has 0 aromatic carbocycles. The van der Waals surface area contributed by atoms with Gasteiger partial charge < -0.3 is 15.1 Å². The summed E-state index contributed by atoms with van der Waals surface area (Å²) in [6.45, 7) is 4.97. The first kappa shape index (κ1) is 15.0. The van der Waals surface area contributed by atoms with Crippen LogP contribution in [0.5, 0.6) is 0 Å². The number of nitrogens with zero attached hydrogens (tertiary/aromatic N) is 4. The van der Waals surface area contributed by atoms with Crippen molar-refractivity contribution in [2.75, 3.05) is 51.0 Å². The van der Waals surface area contributed by atoms with E-state index in [1.165, 1.54) is 0 Å². The first-order chi connectivity index (χ1) is 9.61. The van der Waals surface area contributed by atoms with Crippen LogP contribution >= 0.6 is 11.3 Å². The van der Waals surface area contributed by atoms with Gasteiger partial charge >= 0.3 is 0 Å². The van der Waals surface area contributed by atoms with Gasteiger partial charge in [0, 0.05) is 20.1 Å². The highest BCUT2D eigenvalue weighted by Crippen LogP contribution is 2.28. The molecule has 0 amide bonds. The number of thiophene rings is 1. The van der Waals surface area contributed by atoms with Gasteiger partial charge in [-0.1, -0.05) is 0 Å². The highest BCUT2D eigenvalue weighted by Gasteiger charge is 2.12. The van der Waals surface area contributed by atoms with Gasteiger partial charge in [0.15, 0.2) is 0 Å². The third kappa shape index (κ3) is 3.58. The minimum atomic E-state index is 0.719. The lowest BCUT2D eigenvalue weighted by Gasteiger charge is -2.20. The Hall–Kier alpha value is -1.40. The van der Waals surface area contributed by atoms with Crippen LogP contribution in [0.1, 0.15) is 13.3 Å².